The summed E-state index contributed by atoms with van der Waals surface area (Å²) in [7, 11) is 3.83. The average Bonchev–Trinajstić information content (AvgIpc) is 2.37. The molecule has 1 N–H and O–H groups in total. The molecule has 106 valence electrons. The van der Waals surface area contributed by atoms with Gasteiger partial charge >= 0.3 is 0 Å². The second kappa shape index (κ2) is 6.40. The van der Waals surface area contributed by atoms with E-state index < -0.39 is 0 Å². The van der Waals surface area contributed by atoms with E-state index in [0.29, 0.717) is 12.0 Å². The Labute approximate surface area is 116 Å². The highest BCUT2D eigenvalue weighted by atomic mass is 16.5. The molecule has 1 aliphatic carbocycles. The highest BCUT2D eigenvalue weighted by molar-refractivity contribution is 5.32. The van der Waals surface area contributed by atoms with Crippen LogP contribution >= 0.6 is 0 Å². The monoisotopic (exact) mass is 263 g/mol. The molecule has 0 radical (unpaired) electrons. The summed E-state index contributed by atoms with van der Waals surface area (Å²) < 4.78 is 5.27. The van der Waals surface area contributed by atoms with Crippen LogP contribution < -0.4 is 4.74 Å². The van der Waals surface area contributed by atoms with E-state index in [-0.39, 0.29) is 6.10 Å². The first kappa shape index (κ1) is 14.4. The Balaban J connectivity index is 1.85. The lowest BCUT2D eigenvalue weighted by Gasteiger charge is -2.42. The lowest BCUT2D eigenvalue weighted by Crippen LogP contribution is -2.44. The molecular weight excluding hydrogens is 238 g/mol. The number of hydrogen-bond acceptors (Lipinski definition) is 3. The predicted octanol–water partition coefficient (Wildman–Crippen LogP) is 2.64. The molecule has 1 aromatic rings. The van der Waals surface area contributed by atoms with Gasteiger partial charge in [-0.05, 0) is 49.9 Å². The number of likely N-dealkylation sites (N-methyl/N-ethyl adjacent to an activating group) is 1. The summed E-state index contributed by atoms with van der Waals surface area (Å²) >= 11 is 0. The molecule has 19 heavy (non-hydrogen) atoms. The number of nitrogens with zero attached hydrogens (tertiary/aromatic N) is 1. The van der Waals surface area contributed by atoms with Crippen molar-refractivity contribution in [1.82, 2.24) is 4.90 Å². The Morgan fingerprint density at radius 3 is 2.79 bits per heavy atom. The zero-order valence-electron chi connectivity index (χ0n) is 12.2. The van der Waals surface area contributed by atoms with Crippen LogP contribution in [0.4, 0.5) is 0 Å². The van der Waals surface area contributed by atoms with E-state index in [0.717, 1.165) is 18.7 Å². The maximum atomic E-state index is 9.69. The molecule has 1 aromatic carbocycles. The number of rotatable bonds is 6. The van der Waals surface area contributed by atoms with Gasteiger partial charge in [-0.2, -0.15) is 0 Å². The van der Waals surface area contributed by atoms with Gasteiger partial charge < -0.3 is 14.7 Å². The van der Waals surface area contributed by atoms with Gasteiger partial charge in [0.15, 0.2) is 0 Å². The van der Waals surface area contributed by atoms with Crippen LogP contribution in [0, 0.1) is 0 Å². The quantitative estimate of drug-likeness (QED) is 0.856. The van der Waals surface area contributed by atoms with Gasteiger partial charge in [0.2, 0.25) is 0 Å². The Morgan fingerprint density at radius 2 is 2.16 bits per heavy atom. The smallest absolute Gasteiger partial charge is 0.119 e. The third-order valence-corrected chi connectivity index (χ3v) is 4.27. The van der Waals surface area contributed by atoms with Gasteiger partial charge in [-0.15, -0.1) is 0 Å². The van der Waals surface area contributed by atoms with Crippen molar-refractivity contribution in [2.75, 3.05) is 20.7 Å². The fraction of sp³-hybridized carbons (Fsp3) is 0.625. The van der Waals surface area contributed by atoms with Crippen molar-refractivity contribution >= 4 is 0 Å². The number of benzene rings is 1. The highest BCUT2D eigenvalue weighted by Crippen LogP contribution is 2.40. The van der Waals surface area contributed by atoms with Gasteiger partial charge in [-0.25, -0.2) is 0 Å². The second-order valence-electron chi connectivity index (χ2n) is 5.60. The van der Waals surface area contributed by atoms with Gasteiger partial charge in [0.1, 0.15) is 5.75 Å². The standard InChI is InChI=1S/C16H25NO2/c1-4-15(18)11-17(2)14-8-13(9-14)12-6-5-7-16(10-12)19-3/h5-7,10,13-15,18H,4,8-9,11H2,1-3H3/t13?,14?,15-/m1/s1. The first-order chi connectivity index (χ1) is 9.13. The van der Waals surface area contributed by atoms with E-state index in [2.05, 4.69) is 30.1 Å². The molecule has 3 heteroatoms. The zero-order chi connectivity index (χ0) is 13.8. The first-order valence-corrected chi connectivity index (χ1v) is 7.16. The van der Waals surface area contributed by atoms with Gasteiger partial charge in [-0.3, -0.25) is 0 Å². The number of aliphatic hydroxyl groups excluding tert-OH is 1. The van der Waals surface area contributed by atoms with Crippen LogP contribution in [-0.4, -0.2) is 42.9 Å². The number of methoxy groups -OCH3 is 1. The summed E-state index contributed by atoms with van der Waals surface area (Å²) in [6.45, 7) is 2.81. The van der Waals surface area contributed by atoms with Gasteiger partial charge in [0.25, 0.3) is 0 Å². The third-order valence-electron chi connectivity index (χ3n) is 4.27. The molecule has 2 rings (SSSR count). The largest absolute Gasteiger partial charge is 0.497 e. The maximum absolute atomic E-state index is 9.69. The zero-order valence-corrected chi connectivity index (χ0v) is 12.2. The van der Waals surface area contributed by atoms with E-state index in [1.165, 1.54) is 18.4 Å². The average molecular weight is 263 g/mol. The molecule has 0 aliphatic heterocycles. The third kappa shape index (κ3) is 3.48. The minimum absolute atomic E-state index is 0.194. The summed E-state index contributed by atoms with van der Waals surface area (Å²) in [4.78, 5) is 2.30. The van der Waals surface area contributed by atoms with Crippen LogP contribution in [0.25, 0.3) is 0 Å². The second-order valence-corrected chi connectivity index (χ2v) is 5.60. The summed E-state index contributed by atoms with van der Waals surface area (Å²) in [5.74, 6) is 1.58. The Hall–Kier alpha value is -1.06. The molecule has 0 aromatic heterocycles. The molecule has 0 unspecified atom stereocenters. The fourth-order valence-electron chi connectivity index (χ4n) is 2.73. The van der Waals surface area contributed by atoms with E-state index in [1.54, 1.807) is 7.11 Å². The van der Waals surface area contributed by atoms with Crippen molar-refractivity contribution in [3.05, 3.63) is 29.8 Å². The highest BCUT2D eigenvalue weighted by Gasteiger charge is 2.33. The van der Waals surface area contributed by atoms with Gasteiger partial charge in [0, 0.05) is 12.6 Å². The van der Waals surface area contributed by atoms with Crippen LogP contribution in [0.1, 0.15) is 37.7 Å². The molecule has 0 spiro atoms. The molecule has 3 nitrogen and oxygen atoms in total. The first-order valence-electron chi connectivity index (χ1n) is 7.16. The van der Waals surface area contributed by atoms with Crippen molar-refractivity contribution in [2.24, 2.45) is 0 Å². The van der Waals surface area contributed by atoms with Crippen molar-refractivity contribution < 1.29 is 9.84 Å². The maximum Gasteiger partial charge on any atom is 0.119 e. The van der Waals surface area contributed by atoms with E-state index in [4.69, 9.17) is 4.74 Å². The molecule has 1 atom stereocenters. The van der Waals surface area contributed by atoms with Crippen LogP contribution in [-0.2, 0) is 0 Å². The predicted molar refractivity (Wildman–Crippen MR) is 77.7 cm³/mol. The molecule has 0 heterocycles. The summed E-state index contributed by atoms with van der Waals surface area (Å²) in [6.07, 6.45) is 3.00. The Morgan fingerprint density at radius 1 is 1.42 bits per heavy atom. The summed E-state index contributed by atoms with van der Waals surface area (Å²) in [6, 6.07) is 8.99. The minimum Gasteiger partial charge on any atom is -0.497 e. The van der Waals surface area contributed by atoms with Crippen LogP contribution in [0.2, 0.25) is 0 Å². The molecule has 1 fully saturated rings. The Bertz CT molecular complexity index is 401. The van der Waals surface area contributed by atoms with Gasteiger partial charge in [0.05, 0.1) is 13.2 Å². The van der Waals surface area contributed by atoms with Crippen LogP contribution in [0.15, 0.2) is 24.3 Å². The summed E-state index contributed by atoms with van der Waals surface area (Å²) in [5, 5.41) is 9.69. The van der Waals surface area contributed by atoms with E-state index >= 15 is 0 Å². The van der Waals surface area contributed by atoms with Gasteiger partial charge in [-0.1, -0.05) is 19.1 Å². The topological polar surface area (TPSA) is 32.7 Å². The molecule has 1 aliphatic rings. The van der Waals surface area contributed by atoms with E-state index in [1.807, 2.05) is 13.0 Å². The molecule has 0 bridgehead atoms. The minimum atomic E-state index is -0.194. The lowest BCUT2D eigenvalue weighted by molar-refractivity contribution is 0.0669. The Kier molecular flexibility index (Phi) is 4.83. The number of aliphatic hydroxyl groups is 1. The van der Waals surface area contributed by atoms with E-state index in [9.17, 15) is 5.11 Å². The molecule has 0 amide bonds. The van der Waals surface area contributed by atoms with Crippen molar-refractivity contribution in [3.63, 3.8) is 0 Å². The number of ether oxygens (including phenoxy) is 1. The van der Waals surface area contributed by atoms with Crippen molar-refractivity contribution in [3.8, 4) is 5.75 Å². The fourth-order valence-corrected chi connectivity index (χ4v) is 2.73. The lowest BCUT2D eigenvalue weighted by atomic mass is 9.75. The van der Waals surface area contributed by atoms with Crippen molar-refractivity contribution in [1.29, 1.82) is 0 Å². The molecule has 1 saturated carbocycles. The SMILES string of the molecule is CC[C@@H](O)CN(C)C1CC(c2cccc(OC)c2)C1. The molecule has 0 saturated heterocycles. The number of hydrogen-bond donors (Lipinski definition) is 1. The normalized spacial score (nSPS) is 24.1. The van der Waals surface area contributed by atoms with Crippen molar-refractivity contribution in [2.45, 2.75) is 44.2 Å². The van der Waals surface area contributed by atoms with Crippen LogP contribution in [0.5, 0.6) is 5.75 Å². The van der Waals surface area contributed by atoms with Crippen LogP contribution in [0.3, 0.4) is 0 Å². The molecular formula is C16H25NO2. The summed E-state index contributed by atoms with van der Waals surface area (Å²) in [5.41, 5.74) is 1.38.